The topological polar surface area (TPSA) is 90.0 Å². The number of nitrogens with one attached hydrogen (secondary N) is 1. The SMILES string of the molecule is Cc1nn(-c2ccc3nncn3n2)c(C)c1CCC(=O)NCc1cccc(Cl)c1. The number of aromatic nitrogens is 6. The molecule has 3 heterocycles. The lowest BCUT2D eigenvalue weighted by Gasteiger charge is -2.07. The van der Waals surface area contributed by atoms with Gasteiger partial charge in [0.05, 0.1) is 5.69 Å². The van der Waals surface area contributed by atoms with Crippen molar-refractivity contribution in [3.63, 3.8) is 0 Å². The molecule has 0 bridgehead atoms. The maximum Gasteiger partial charge on any atom is 0.220 e. The van der Waals surface area contributed by atoms with E-state index >= 15 is 0 Å². The summed E-state index contributed by atoms with van der Waals surface area (Å²) in [5.41, 5.74) is 4.54. The molecule has 29 heavy (non-hydrogen) atoms. The Morgan fingerprint density at radius 3 is 2.86 bits per heavy atom. The molecule has 1 amide bonds. The van der Waals surface area contributed by atoms with Crippen LogP contribution in [0.1, 0.15) is 28.9 Å². The van der Waals surface area contributed by atoms with Crippen molar-refractivity contribution in [2.45, 2.75) is 33.2 Å². The minimum Gasteiger partial charge on any atom is -0.352 e. The molecule has 0 aliphatic rings. The van der Waals surface area contributed by atoms with E-state index in [1.165, 1.54) is 0 Å². The van der Waals surface area contributed by atoms with Crippen LogP contribution in [0.3, 0.4) is 0 Å². The molecule has 8 nitrogen and oxygen atoms in total. The van der Waals surface area contributed by atoms with E-state index < -0.39 is 0 Å². The number of rotatable bonds is 6. The molecule has 4 rings (SSSR count). The van der Waals surface area contributed by atoms with Crippen LogP contribution < -0.4 is 5.32 Å². The van der Waals surface area contributed by atoms with Gasteiger partial charge in [0.1, 0.15) is 6.33 Å². The molecule has 4 aromatic rings. The van der Waals surface area contributed by atoms with Crippen LogP contribution in [-0.2, 0) is 17.8 Å². The maximum atomic E-state index is 12.3. The molecule has 0 saturated heterocycles. The third kappa shape index (κ3) is 4.12. The van der Waals surface area contributed by atoms with E-state index in [0.717, 1.165) is 22.5 Å². The fraction of sp³-hybridized carbons (Fsp3) is 0.250. The van der Waals surface area contributed by atoms with Gasteiger partial charge in [-0.15, -0.1) is 15.3 Å². The largest absolute Gasteiger partial charge is 0.352 e. The first kappa shape index (κ1) is 19.1. The fourth-order valence-corrected chi connectivity index (χ4v) is 3.48. The lowest BCUT2D eigenvalue weighted by atomic mass is 10.1. The molecular formula is C20H20ClN7O. The van der Waals surface area contributed by atoms with Crippen LogP contribution in [0.5, 0.6) is 0 Å². The highest BCUT2D eigenvalue weighted by Gasteiger charge is 2.15. The van der Waals surface area contributed by atoms with Crippen LogP contribution in [-0.4, -0.2) is 35.5 Å². The summed E-state index contributed by atoms with van der Waals surface area (Å²) in [5, 5.41) is 20.5. The molecule has 0 unspecified atom stereocenters. The van der Waals surface area contributed by atoms with Crippen molar-refractivity contribution in [1.82, 2.24) is 34.9 Å². The van der Waals surface area contributed by atoms with Gasteiger partial charge < -0.3 is 5.32 Å². The first-order valence-corrected chi connectivity index (χ1v) is 9.63. The molecule has 0 spiro atoms. The summed E-state index contributed by atoms with van der Waals surface area (Å²) in [5.74, 6) is 0.662. The monoisotopic (exact) mass is 409 g/mol. The molecule has 0 atom stereocenters. The van der Waals surface area contributed by atoms with Gasteiger partial charge in [-0.05, 0) is 55.7 Å². The third-order valence-electron chi connectivity index (χ3n) is 4.79. The van der Waals surface area contributed by atoms with E-state index in [1.807, 2.05) is 50.2 Å². The smallest absolute Gasteiger partial charge is 0.220 e. The second kappa shape index (κ2) is 8.00. The highest BCUT2D eigenvalue weighted by atomic mass is 35.5. The van der Waals surface area contributed by atoms with Crippen LogP contribution in [0.25, 0.3) is 11.5 Å². The molecule has 0 aliphatic heterocycles. The molecule has 1 aromatic carbocycles. The molecule has 3 aromatic heterocycles. The quantitative estimate of drug-likeness (QED) is 0.528. The maximum absolute atomic E-state index is 12.3. The minimum absolute atomic E-state index is 0.0134. The summed E-state index contributed by atoms with van der Waals surface area (Å²) in [6.07, 6.45) is 2.54. The Bertz CT molecular complexity index is 1180. The van der Waals surface area contributed by atoms with E-state index in [9.17, 15) is 4.79 Å². The Labute approximate surface area is 172 Å². The fourth-order valence-electron chi connectivity index (χ4n) is 3.27. The van der Waals surface area contributed by atoms with Gasteiger partial charge >= 0.3 is 0 Å². The van der Waals surface area contributed by atoms with Gasteiger partial charge in [0.25, 0.3) is 0 Å². The van der Waals surface area contributed by atoms with Crippen molar-refractivity contribution in [3.05, 3.63) is 70.3 Å². The van der Waals surface area contributed by atoms with Crippen LogP contribution in [0.2, 0.25) is 5.02 Å². The molecular weight excluding hydrogens is 390 g/mol. The number of hydrogen-bond acceptors (Lipinski definition) is 5. The highest BCUT2D eigenvalue weighted by molar-refractivity contribution is 6.30. The van der Waals surface area contributed by atoms with Gasteiger partial charge in [0.2, 0.25) is 5.91 Å². The second-order valence-corrected chi connectivity index (χ2v) is 7.23. The summed E-state index contributed by atoms with van der Waals surface area (Å²) in [7, 11) is 0. The Kier molecular flexibility index (Phi) is 5.26. The van der Waals surface area contributed by atoms with Crippen LogP contribution >= 0.6 is 11.6 Å². The summed E-state index contributed by atoms with van der Waals surface area (Å²) in [6, 6.07) is 11.2. The second-order valence-electron chi connectivity index (χ2n) is 6.79. The number of carbonyl (C=O) groups is 1. The molecule has 148 valence electrons. The van der Waals surface area contributed by atoms with Crippen molar-refractivity contribution in [2.75, 3.05) is 0 Å². The Morgan fingerprint density at radius 1 is 1.17 bits per heavy atom. The number of hydrogen-bond donors (Lipinski definition) is 1. The lowest BCUT2D eigenvalue weighted by molar-refractivity contribution is -0.121. The average Bonchev–Trinajstić information content (AvgIpc) is 3.28. The third-order valence-corrected chi connectivity index (χ3v) is 5.02. The standard InChI is InChI=1S/C20H20ClN7O/c1-13-17(6-9-20(29)22-11-15-4-3-5-16(21)10-15)14(2)28(25-13)19-8-7-18-24-23-12-27(18)26-19/h3-5,7-8,10,12H,6,9,11H2,1-2H3,(H,22,29). The van der Waals surface area contributed by atoms with Crippen molar-refractivity contribution in [2.24, 2.45) is 0 Å². The number of halogens is 1. The highest BCUT2D eigenvalue weighted by Crippen LogP contribution is 2.18. The van der Waals surface area contributed by atoms with Gasteiger partial charge in [0.15, 0.2) is 11.5 Å². The average molecular weight is 410 g/mol. The summed E-state index contributed by atoms with van der Waals surface area (Å²) in [6.45, 7) is 4.39. The van der Waals surface area contributed by atoms with Crippen LogP contribution in [0.4, 0.5) is 0 Å². The molecule has 0 fully saturated rings. The lowest BCUT2D eigenvalue weighted by Crippen LogP contribution is -2.23. The zero-order valence-corrected chi connectivity index (χ0v) is 16.9. The summed E-state index contributed by atoms with van der Waals surface area (Å²) in [4.78, 5) is 12.3. The van der Waals surface area contributed by atoms with Crippen LogP contribution in [0.15, 0.2) is 42.7 Å². The van der Waals surface area contributed by atoms with Gasteiger partial charge in [-0.1, -0.05) is 23.7 Å². The van der Waals surface area contributed by atoms with E-state index in [2.05, 4.69) is 25.7 Å². The molecule has 0 aliphatic carbocycles. The number of benzene rings is 1. The Hall–Kier alpha value is -3.26. The first-order chi connectivity index (χ1) is 14.0. The molecule has 1 N–H and O–H groups in total. The van der Waals surface area contributed by atoms with Gasteiger partial charge in [-0.25, -0.2) is 4.68 Å². The zero-order chi connectivity index (χ0) is 20.4. The van der Waals surface area contributed by atoms with E-state index in [1.54, 1.807) is 15.5 Å². The predicted octanol–water partition coefficient (Wildman–Crippen LogP) is 2.83. The van der Waals surface area contributed by atoms with Crippen molar-refractivity contribution in [3.8, 4) is 5.82 Å². The van der Waals surface area contributed by atoms with Crippen molar-refractivity contribution < 1.29 is 4.79 Å². The van der Waals surface area contributed by atoms with Gasteiger partial charge in [0, 0.05) is 23.7 Å². The van der Waals surface area contributed by atoms with Gasteiger partial charge in [-0.3, -0.25) is 4.79 Å². The Morgan fingerprint density at radius 2 is 2.03 bits per heavy atom. The van der Waals surface area contributed by atoms with E-state index in [0.29, 0.717) is 35.9 Å². The van der Waals surface area contributed by atoms with E-state index in [-0.39, 0.29) is 5.91 Å². The van der Waals surface area contributed by atoms with Crippen LogP contribution in [0, 0.1) is 13.8 Å². The first-order valence-electron chi connectivity index (χ1n) is 9.25. The number of nitrogens with zero attached hydrogens (tertiary/aromatic N) is 6. The number of carbonyl (C=O) groups excluding carboxylic acids is 1. The zero-order valence-electron chi connectivity index (χ0n) is 16.1. The molecule has 0 radical (unpaired) electrons. The minimum atomic E-state index is -0.0134. The van der Waals surface area contributed by atoms with Gasteiger partial charge in [-0.2, -0.15) is 9.61 Å². The normalized spacial score (nSPS) is 11.1. The van der Waals surface area contributed by atoms with E-state index in [4.69, 9.17) is 11.6 Å². The van der Waals surface area contributed by atoms with Crippen molar-refractivity contribution in [1.29, 1.82) is 0 Å². The number of amides is 1. The van der Waals surface area contributed by atoms with Crippen molar-refractivity contribution >= 4 is 23.2 Å². The molecule has 9 heteroatoms. The number of aryl methyl sites for hydroxylation is 1. The summed E-state index contributed by atoms with van der Waals surface area (Å²) >= 11 is 5.98. The Balaban J connectivity index is 1.43. The summed E-state index contributed by atoms with van der Waals surface area (Å²) < 4.78 is 3.39. The predicted molar refractivity (Wildman–Crippen MR) is 109 cm³/mol. The molecule has 0 saturated carbocycles. The number of fused-ring (bicyclic) bond motifs is 1.